The first kappa shape index (κ1) is 12.2. The van der Waals surface area contributed by atoms with Crippen LogP contribution >= 0.6 is 0 Å². The first-order chi connectivity index (χ1) is 8.58. The molecule has 0 heterocycles. The highest BCUT2D eigenvalue weighted by Gasteiger charge is 2.09. The molecule has 0 saturated heterocycles. The molecule has 0 aliphatic carbocycles. The Balaban J connectivity index is 2.28. The molecule has 3 nitrogen and oxygen atoms in total. The normalized spacial score (nSPS) is 10.1. The van der Waals surface area contributed by atoms with Crippen LogP contribution in [-0.4, -0.2) is 5.91 Å². The molecule has 1 amide bonds. The zero-order valence-corrected chi connectivity index (χ0v) is 10.5. The molecule has 3 heteroatoms. The van der Waals surface area contributed by atoms with Crippen molar-refractivity contribution >= 4 is 17.3 Å². The second-order valence-corrected chi connectivity index (χ2v) is 4.35. The number of hydrogen-bond donors (Lipinski definition) is 2. The summed E-state index contributed by atoms with van der Waals surface area (Å²) < 4.78 is 0. The molecule has 2 aromatic rings. The van der Waals surface area contributed by atoms with Gasteiger partial charge in [-0.1, -0.05) is 18.2 Å². The van der Waals surface area contributed by atoms with Crippen LogP contribution in [-0.2, 0) is 0 Å². The van der Waals surface area contributed by atoms with Crippen LogP contribution in [0.2, 0.25) is 0 Å². The Morgan fingerprint density at radius 3 is 2.44 bits per heavy atom. The summed E-state index contributed by atoms with van der Waals surface area (Å²) in [6.45, 7) is 3.85. The van der Waals surface area contributed by atoms with Gasteiger partial charge in [0.1, 0.15) is 0 Å². The van der Waals surface area contributed by atoms with Crippen molar-refractivity contribution in [1.29, 1.82) is 0 Å². The van der Waals surface area contributed by atoms with E-state index in [1.807, 2.05) is 44.2 Å². The molecule has 0 atom stereocenters. The molecule has 92 valence electrons. The van der Waals surface area contributed by atoms with Gasteiger partial charge in [-0.2, -0.15) is 0 Å². The molecule has 0 aliphatic heterocycles. The van der Waals surface area contributed by atoms with Gasteiger partial charge < -0.3 is 11.1 Å². The summed E-state index contributed by atoms with van der Waals surface area (Å²) in [4.78, 5) is 12.0. The minimum absolute atomic E-state index is 0.122. The van der Waals surface area contributed by atoms with Gasteiger partial charge in [-0.05, 0) is 49.2 Å². The van der Waals surface area contributed by atoms with Gasteiger partial charge in [-0.15, -0.1) is 0 Å². The minimum atomic E-state index is -0.122. The van der Waals surface area contributed by atoms with Gasteiger partial charge >= 0.3 is 0 Å². The standard InChI is InChI=1S/C15H16N2O/c1-10-8-13(16)11(2)14(9-10)17-15(18)12-6-4-3-5-7-12/h3-9H,16H2,1-2H3,(H,17,18). The lowest BCUT2D eigenvalue weighted by atomic mass is 10.1. The highest BCUT2D eigenvalue weighted by Crippen LogP contribution is 2.23. The molecule has 18 heavy (non-hydrogen) atoms. The maximum Gasteiger partial charge on any atom is 0.255 e. The summed E-state index contributed by atoms with van der Waals surface area (Å²) in [7, 11) is 0. The number of nitrogens with one attached hydrogen (secondary N) is 1. The topological polar surface area (TPSA) is 55.1 Å². The lowest BCUT2D eigenvalue weighted by molar-refractivity contribution is 0.102. The molecule has 0 aromatic heterocycles. The van der Waals surface area contributed by atoms with Crippen molar-refractivity contribution in [3.8, 4) is 0 Å². The van der Waals surface area contributed by atoms with Gasteiger partial charge in [-0.3, -0.25) is 4.79 Å². The highest BCUT2D eigenvalue weighted by molar-refractivity contribution is 6.05. The molecule has 0 unspecified atom stereocenters. The average molecular weight is 240 g/mol. The van der Waals surface area contributed by atoms with Gasteiger partial charge in [0, 0.05) is 16.9 Å². The number of carbonyl (C=O) groups excluding carboxylic acids is 1. The molecular weight excluding hydrogens is 224 g/mol. The summed E-state index contributed by atoms with van der Waals surface area (Å²) in [5.74, 6) is -0.122. The zero-order valence-electron chi connectivity index (χ0n) is 10.5. The summed E-state index contributed by atoms with van der Waals surface area (Å²) in [6, 6.07) is 12.9. The fraction of sp³-hybridized carbons (Fsp3) is 0.133. The number of rotatable bonds is 2. The number of nitrogens with two attached hydrogens (primary N) is 1. The fourth-order valence-electron chi connectivity index (χ4n) is 1.80. The molecule has 0 aliphatic rings. The lowest BCUT2D eigenvalue weighted by Crippen LogP contribution is -2.13. The van der Waals surface area contributed by atoms with Gasteiger partial charge in [0.25, 0.3) is 5.91 Å². The van der Waals surface area contributed by atoms with Gasteiger partial charge in [-0.25, -0.2) is 0 Å². The number of anilines is 2. The molecule has 3 N–H and O–H groups in total. The fourth-order valence-corrected chi connectivity index (χ4v) is 1.80. The lowest BCUT2D eigenvalue weighted by Gasteiger charge is -2.11. The minimum Gasteiger partial charge on any atom is -0.398 e. The van der Waals surface area contributed by atoms with E-state index in [0.29, 0.717) is 11.3 Å². The number of carbonyl (C=O) groups is 1. The third-order valence-electron chi connectivity index (χ3n) is 2.88. The third-order valence-corrected chi connectivity index (χ3v) is 2.88. The van der Waals surface area contributed by atoms with E-state index < -0.39 is 0 Å². The second-order valence-electron chi connectivity index (χ2n) is 4.35. The molecule has 2 aromatic carbocycles. The van der Waals surface area contributed by atoms with Crippen LogP contribution in [0.3, 0.4) is 0 Å². The van der Waals surface area contributed by atoms with Crippen molar-refractivity contribution in [3.05, 3.63) is 59.2 Å². The average Bonchev–Trinajstić information content (AvgIpc) is 2.36. The number of amides is 1. The van der Waals surface area contributed by atoms with Crippen molar-refractivity contribution in [1.82, 2.24) is 0 Å². The smallest absolute Gasteiger partial charge is 0.255 e. The maximum atomic E-state index is 12.0. The largest absolute Gasteiger partial charge is 0.398 e. The number of hydrogen-bond acceptors (Lipinski definition) is 2. The molecule has 0 saturated carbocycles. The van der Waals surface area contributed by atoms with E-state index >= 15 is 0 Å². The zero-order chi connectivity index (χ0) is 13.1. The van der Waals surface area contributed by atoms with E-state index in [9.17, 15) is 4.79 Å². The Labute approximate surface area is 107 Å². The first-order valence-electron chi connectivity index (χ1n) is 5.81. The molecular formula is C15H16N2O. The second kappa shape index (κ2) is 4.92. The van der Waals surface area contributed by atoms with Crippen LogP contribution < -0.4 is 11.1 Å². The maximum absolute atomic E-state index is 12.0. The highest BCUT2D eigenvalue weighted by atomic mass is 16.1. The summed E-state index contributed by atoms with van der Waals surface area (Å²) in [6.07, 6.45) is 0. The predicted octanol–water partition coefficient (Wildman–Crippen LogP) is 3.14. The summed E-state index contributed by atoms with van der Waals surface area (Å²) in [5, 5.41) is 2.89. The van der Waals surface area contributed by atoms with Crippen molar-refractivity contribution in [2.24, 2.45) is 0 Å². The molecule has 0 spiro atoms. The van der Waals surface area contributed by atoms with E-state index in [2.05, 4.69) is 5.32 Å². The first-order valence-corrected chi connectivity index (χ1v) is 5.81. The number of aryl methyl sites for hydroxylation is 1. The predicted molar refractivity (Wildman–Crippen MR) is 74.7 cm³/mol. The van der Waals surface area contributed by atoms with Gasteiger partial charge in [0.2, 0.25) is 0 Å². The van der Waals surface area contributed by atoms with Gasteiger partial charge in [0.05, 0.1) is 0 Å². The van der Waals surface area contributed by atoms with E-state index in [4.69, 9.17) is 5.73 Å². The van der Waals surface area contributed by atoms with Crippen molar-refractivity contribution < 1.29 is 4.79 Å². The molecule has 2 rings (SSSR count). The Morgan fingerprint density at radius 2 is 1.78 bits per heavy atom. The van der Waals surface area contributed by atoms with Crippen LogP contribution in [0.5, 0.6) is 0 Å². The Kier molecular flexibility index (Phi) is 3.33. The summed E-state index contributed by atoms with van der Waals surface area (Å²) in [5.41, 5.74) is 9.90. The van der Waals surface area contributed by atoms with E-state index in [1.165, 1.54) is 0 Å². The SMILES string of the molecule is Cc1cc(N)c(C)c(NC(=O)c2ccccc2)c1. The van der Waals surface area contributed by atoms with Gasteiger partial charge in [0.15, 0.2) is 0 Å². The molecule has 0 radical (unpaired) electrons. The Hall–Kier alpha value is -2.29. The van der Waals surface area contributed by atoms with Crippen LogP contribution in [0.1, 0.15) is 21.5 Å². The third kappa shape index (κ3) is 2.51. The van der Waals surface area contributed by atoms with Crippen LogP contribution in [0.15, 0.2) is 42.5 Å². The van der Waals surface area contributed by atoms with Crippen LogP contribution in [0, 0.1) is 13.8 Å². The van der Waals surface area contributed by atoms with E-state index in [1.54, 1.807) is 12.1 Å². The monoisotopic (exact) mass is 240 g/mol. The number of benzene rings is 2. The quantitative estimate of drug-likeness (QED) is 0.792. The number of nitrogen functional groups attached to an aromatic ring is 1. The van der Waals surface area contributed by atoms with E-state index in [0.717, 1.165) is 16.8 Å². The molecule has 0 bridgehead atoms. The van der Waals surface area contributed by atoms with E-state index in [-0.39, 0.29) is 5.91 Å². The van der Waals surface area contributed by atoms with Crippen molar-refractivity contribution in [2.45, 2.75) is 13.8 Å². The van der Waals surface area contributed by atoms with Crippen molar-refractivity contribution in [2.75, 3.05) is 11.1 Å². The Bertz CT molecular complexity index is 577. The van der Waals surface area contributed by atoms with Crippen LogP contribution in [0.4, 0.5) is 11.4 Å². The van der Waals surface area contributed by atoms with Crippen molar-refractivity contribution in [3.63, 3.8) is 0 Å². The summed E-state index contributed by atoms with van der Waals surface area (Å²) >= 11 is 0. The Morgan fingerprint density at radius 1 is 1.11 bits per heavy atom. The molecule has 0 fully saturated rings. The van der Waals surface area contributed by atoms with Crippen LogP contribution in [0.25, 0.3) is 0 Å².